The molecule has 0 saturated heterocycles. The topological polar surface area (TPSA) is 77.2 Å². The van der Waals surface area contributed by atoms with E-state index in [1.807, 2.05) is 37.3 Å². The number of nitrogens with one attached hydrogen (secondary N) is 1. The maximum absolute atomic E-state index is 12.9. The van der Waals surface area contributed by atoms with Crippen LogP contribution in [0.1, 0.15) is 19.2 Å². The first-order valence-corrected chi connectivity index (χ1v) is 8.23. The minimum absolute atomic E-state index is 0.0992. The molecule has 0 aliphatic carbocycles. The number of nitrogens with zero attached hydrogens (tertiary/aromatic N) is 2. The molecule has 0 spiro atoms. The number of amides is 1. The normalized spacial score (nSPS) is 11.8. The summed E-state index contributed by atoms with van der Waals surface area (Å²) >= 11 is 0. The van der Waals surface area contributed by atoms with Gasteiger partial charge in [-0.25, -0.2) is 4.39 Å². The van der Waals surface area contributed by atoms with Crippen LogP contribution in [0.2, 0.25) is 0 Å². The van der Waals surface area contributed by atoms with E-state index in [1.54, 1.807) is 0 Å². The number of ether oxygens (including phenoxy) is 1. The average Bonchev–Trinajstić information content (AvgIpc) is 3.15. The quantitative estimate of drug-likeness (QED) is 0.703. The van der Waals surface area contributed by atoms with Crippen molar-refractivity contribution >= 4 is 5.91 Å². The Bertz CT molecular complexity index is 850. The van der Waals surface area contributed by atoms with Crippen molar-refractivity contribution in [1.82, 2.24) is 15.5 Å². The summed E-state index contributed by atoms with van der Waals surface area (Å²) in [6.45, 7) is 1.93. The highest BCUT2D eigenvalue weighted by Crippen LogP contribution is 2.16. The lowest BCUT2D eigenvalue weighted by atomic mass is 10.2. The fourth-order valence-corrected chi connectivity index (χ4v) is 2.31. The summed E-state index contributed by atoms with van der Waals surface area (Å²) in [4.78, 5) is 16.6. The Morgan fingerprint density at radius 3 is 2.62 bits per heavy atom. The highest BCUT2D eigenvalue weighted by molar-refractivity contribution is 5.80. The Kier molecular flexibility index (Phi) is 5.58. The Morgan fingerprint density at radius 2 is 1.92 bits per heavy atom. The standard InChI is InChI=1S/C19H18FN3O3/c1-2-16(25-15-10-8-14(20)9-11-15)19(24)21-12-17-22-18(23-26-17)13-6-4-3-5-7-13/h3-11,16H,2,12H2,1H3,(H,21,24)/t16-/m0/s1. The van der Waals surface area contributed by atoms with Crippen LogP contribution in [0.3, 0.4) is 0 Å². The Balaban J connectivity index is 1.57. The van der Waals surface area contributed by atoms with Gasteiger partial charge >= 0.3 is 0 Å². The molecule has 0 aliphatic heterocycles. The van der Waals surface area contributed by atoms with Crippen molar-refractivity contribution in [2.45, 2.75) is 26.0 Å². The van der Waals surface area contributed by atoms with Gasteiger partial charge in [-0.1, -0.05) is 42.4 Å². The van der Waals surface area contributed by atoms with Gasteiger partial charge in [-0.15, -0.1) is 0 Å². The van der Waals surface area contributed by atoms with Gasteiger partial charge in [-0.05, 0) is 30.7 Å². The van der Waals surface area contributed by atoms with Gasteiger partial charge in [0.15, 0.2) is 6.10 Å². The number of rotatable bonds is 7. The lowest BCUT2D eigenvalue weighted by Gasteiger charge is -2.16. The van der Waals surface area contributed by atoms with Crippen LogP contribution in [0.5, 0.6) is 5.75 Å². The SMILES string of the molecule is CC[C@H](Oc1ccc(F)cc1)C(=O)NCc1nc(-c2ccccc2)no1. The summed E-state index contributed by atoms with van der Waals surface area (Å²) in [5.41, 5.74) is 0.833. The molecular formula is C19H18FN3O3. The second-order valence-corrected chi connectivity index (χ2v) is 5.56. The second kappa shape index (κ2) is 8.24. The molecule has 0 fully saturated rings. The van der Waals surface area contributed by atoms with E-state index in [4.69, 9.17) is 9.26 Å². The smallest absolute Gasteiger partial charge is 0.261 e. The van der Waals surface area contributed by atoms with E-state index in [0.717, 1.165) is 5.56 Å². The molecule has 0 radical (unpaired) electrons. The van der Waals surface area contributed by atoms with Crippen molar-refractivity contribution in [3.63, 3.8) is 0 Å². The Hall–Kier alpha value is -3.22. The number of aromatic nitrogens is 2. The Morgan fingerprint density at radius 1 is 1.19 bits per heavy atom. The number of hydrogen-bond donors (Lipinski definition) is 1. The number of hydrogen-bond acceptors (Lipinski definition) is 5. The van der Waals surface area contributed by atoms with E-state index >= 15 is 0 Å². The molecule has 1 amide bonds. The lowest BCUT2D eigenvalue weighted by molar-refractivity contribution is -0.128. The highest BCUT2D eigenvalue weighted by atomic mass is 19.1. The molecule has 1 aromatic heterocycles. The van der Waals surface area contributed by atoms with Crippen LogP contribution in [0.15, 0.2) is 59.1 Å². The van der Waals surface area contributed by atoms with Gasteiger partial charge in [0.1, 0.15) is 11.6 Å². The molecule has 26 heavy (non-hydrogen) atoms. The number of carbonyl (C=O) groups excluding carboxylic acids is 1. The van der Waals surface area contributed by atoms with Gasteiger partial charge in [-0.3, -0.25) is 4.79 Å². The number of benzene rings is 2. The molecule has 134 valence electrons. The molecule has 0 unspecified atom stereocenters. The van der Waals surface area contributed by atoms with E-state index in [-0.39, 0.29) is 18.3 Å². The number of halogens is 1. The molecule has 1 N–H and O–H groups in total. The van der Waals surface area contributed by atoms with Crippen molar-refractivity contribution in [3.05, 3.63) is 66.3 Å². The van der Waals surface area contributed by atoms with Crippen LogP contribution in [0.25, 0.3) is 11.4 Å². The van der Waals surface area contributed by atoms with E-state index in [9.17, 15) is 9.18 Å². The zero-order valence-corrected chi connectivity index (χ0v) is 14.2. The first-order valence-electron chi connectivity index (χ1n) is 8.23. The van der Waals surface area contributed by atoms with Crippen LogP contribution in [-0.4, -0.2) is 22.2 Å². The minimum Gasteiger partial charge on any atom is -0.481 e. The van der Waals surface area contributed by atoms with Gasteiger partial charge in [0, 0.05) is 5.56 Å². The molecule has 3 aromatic rings. The van der Waals surface area contributed by atoms with Crippen LogP contribution in [-0.2, 0) is 11.3 Å². The molecule has 1 heterocycles. The third-order valence-corrected chi connectivity index (χ3v) is 3.67. The Labute approximate surface area is 150 Å². The maximum atomic E-state index is 12.9. The second-order valence-electron chi connectivity index (χ2n) is 5.56. The van der Waals surface area contributed by atoms with Crippen LogP contribution in [0.4, 0.5) is 4.39 Å². The lowest BCUT2D eigenvalue weighted by Crippen LogP contribution is -2.37. The summed E-state index contributed by atoms with van der Waals surface area (Å²) in [7, 11) is 0. The van der Waals surface area contributed by atoms with Gasteiger partial charge in [0.05, 0.1) is 6.54 Å². The van der Waals surface area contributed by atoms with Gasteiger partial charge < -0.3 is 14.6 Å². The summed E-state index contributed by atoms with van der Waals surface area (Å²) in [5.74, 6) is 0.521. The van der Waals surface area contributed by atoms with Gasteiger partial charge in [-0.2, -0.15) is 4.98 Å². The average molecular weight is 355 g/mol. The molecule has 0 bridgehead atoms. The monoisotopic (exact) mass is 355 g/mol. The molecule has 7 heteroatoms. The molecule has 1 atom stereocenters. The summed E-state index contributed by atoms with van der Waals surface area (Å²) in [6, 6.07) is 14.9. The van der Waals surface area contributed by atoms with Crippen molar-refractivity contribution in [3.8, 4) is 17.1 Å². The van der Waals surface area contributed by atoms with E-state index in [2.05, 4.69) is 15.5 Å². The minimum atomic E-state index is -0.697. The molecule has 6 nitrogen and oxygen atoms in total. The molecule has 0 aliphatic rings. The summed E-state index contributed by atoms with van der Waals surface area (Å²) < 4.78 is 23.7. The first kappa shape index (κ1) is 17.6. The first-order chi connectivity index (χ1) is 12.7. The zero-order valence-electron chi connectivity index (χ0n) is 14.2. The summed E-state index contributed by atoms with van der Waals surface area (Å²) in [5, 5.41) is 6.61. The highest BCUT2D eigenvalue weighted by Gasteiger charge is 2.19. The van der Waals surface area contributed by atoms with Gasteiger partial charge in [0.2, 0.25) is 11.7 Å². The van der Waals surface area contributed by atoms with Crippen LogP contribution in [0, 0.1) is 5.82 Å². The molecule has 0 saturated carbocycles. The molecule has 2 aromatic carbocycles. The van der Waals surface area contributed by atoms with Gasteiger partial charge in [0.25, 0.3) is 5.91 Å². The van der Waals surface area contributed by atoms with Crippen LogP contribution < -0.4 is 10.1 Å². The van der Waals surface area contributed by atoms with E-state index in [0.29, 0.717) is 23.9 Å². The summed E-state index contributed by atoms with van der Waals surface area (Å²) in [6.07, 6.45) is -0.237. The fraction of sp³-hybridized carbons (Fsp3) is 0.211. The molecular weight excluding hydrogens is 337 g/mol. The van der Waals surface area contributed by atoms with E-state index < -0.39 is 6.10 Å². The third kappa shape index (κ3) is 4.44. The van der Waals surface area contributed by atoms with E-state index in [1.165, 1.54) is 24.3 Å². The van der Waals surface area contributed by atoms with Crippen molar-refractivity contribution in [2.75, 3.05) is 0 Å². The maximum Gasteiger partial charge on any atom is 0.261 e. The van der Waals surface area contributed by atoms with Crippen molar-refractivity contribution in [1.29, 1.82) is 0 Å². The predicted molar refractivity (Wildman–Crippen MR) is 92.7 cm³/mol. The van der Waals surface area contributed by atoms with Crippen molar-refractivity contribution < 1.29 is 18.4 Å². The largest absolute Gasteiger partial charge is 0.481 e. The molecule has 3 rings (SSSR count). The predicted octanol–water partition coefficient (Wildman–Crippen LogP) is 3.35. The van der Waals surface area contributed by atoms with Crippen molar-refractivity contribution in [2.24, 2.45) is 0 Å². The zero-order chi connectivity index (χ0) is 18.4. The number of carbonyl (C=O) groups is 1. The third-order valence-electron chi connectivity index (χ3n) is 3.67. The van der Waals surface area contributed by atoms with Crippen LogP contribution >= 0.6 is 0 Å². The fourth-order valence-electron chi connectivity index (χ4n) is 2.31.